The van der Waals surface area contributed by atoms with Crippen LogP contribution < -0.4 is 10.6 Å². The summed E-state index contributed by atoms with van der Waals surface area (Å²) in [6.07, 6.45) is -0.0263. The molecule has 0 aliphatic carbocycles. The third kappa shape index (κ3) is 7.34. The van der Waals surface area contributed by atoms with Crippen LogP contribution in [0.3, 0.4) is 0 Å². The topological polar surface area (TPSA) is 111 Å². The Balaban J connectivity index is 2.95. The maximum atomic E-state index is 13.4. The van der Waals surface area contributed by atoms with Gasteiger partial charge in [0.05, 0.1) is 20.1 Å². The zero-order valence-electron chi connectivity index (χ0n) is 16.3. The standard InChI is InChI=1S/C19H25FN2O6/c1-11(18(25)27-3)8-16(19(26)28-4)22-17(24)15(21-12(2)23)10-13-6-5-7-14(20)9-13/h5-7,9,11,15-16H,8,10H2,1-4H3,(H,21,23)(H,22,24)/t11-,15+,16+/m1/s1. The lowest BCUT2D eigenvalue weighted by Crippen LogP contribution is -2.53. The van der Waals surface area contributed by atoms with E-state index in [1.165, 1.54) is 32.2 Å². The van der Waals surface area contributed by atoms with Crippen molar-refractivity contribution in [1.82, 2.24) is 10.6 Å². The Morgan fingerprint density at radius 2 is 1.68 bits per heavy atom. The van der Waals surface area contributed by atoms with Gasteiger partial charge in [-0.15, -0.1) is 0 Å². The molecule has 1 aromatic carbocycles. The molecule has 2 N–H and O–H groups in total. The summed E-state index contributed by atoms with van der Waals surface area (Å²) in [7, 11) is 2.37. The quantitative estimate of drug-likeness (QED) is 0.596. The predicted molar refractivity (Wildman–Crippen MR) is 97.5 cm³/mol. The molecule has 0 bridgehead atoms. The lowest BCUT2D eigenvalue weighted by Gasteiger charge is -2.23. The van der Waals surface area contributed by atoms with Crippen molar-refractivity contribution >= 4 is 23.8 Å². The van der Waals surface area contributed by atoms with Gasteiger partial charge in [-0.1, -0.05) is 19.1 Å². The van der Waals surface area contributed by atoms with E-state index in [1.807, 2.05) is 0 Å². The van der Waals surface area contributed by atoms with Crippen LogP contribution in [0.15, 0.2) is 24.3 Å². The molecule has 0 aliphatic rings. The number of methoxy groups -OCH3 is 2. The number of nitrogens with one attached hydrogen (secondary N) is 2. The third-order valence-electron chi connectivity index (χ3n) is 4.02. The van der Waals surface area contributed by atoms with Gasteiger partial charge < -0.3 is 20.1 Å². The number of ether oxygens (including phenoxy) is 2. The lowest BCUT2D eigenvalue weighted by molar-refractivity contribution is -0.149. The van der Waals surface area contributed by atoms with E-state index in [0.717, 1.165) is 7.11 Å². The smallest absolute Gasteiger partial charge is 0.328 e. The molecule has 0 spiro atoms. The average molecular weight is 396 g/mol. The SMILES string of the molecule is COC(=O)[C@H](C)C[C@H](NC(=O)[C@H](Cc1cccc(F)c1)NC(C)=O)C(=O)OC. The Kier molecular flexibility index (Phi) is 9.07. The number of carbonyl (C=O) groups excluding carboxylic acids is 4. The van der Waals surface area contributed by atoms with Crippen LogP contribution in [-0.4, -0.2) is 50.1 Å². The second kappa shape index (κ2) is 11.0. The molecule has 8 nitrogen and oxygen atoms in total. The molecule has 0 aliphatic heterocycles. The number of hydrogen-bond acceptors (Lipinski definition) is 6. The third-order valence-corrected chi connectivity index (χ3v) is 4.02. The fourth-order valence-corrected chi connectivity index (χ4v) is 2.63. The predicted octanol–water partition coefficient (Wildman–Crippen LogP) is 0.730. The molecule has 0 fully saturated rings. The number of benzene rings is 1. The van der Waals surface area contributed by atoms with Crippen LogP contribution in [0.5, 0.6) is 0 Å². The van der Waals surface area contributed by atoms with Gasteiger partial charge in [0.25, 0.3) is 0 Å². The van der Waals surface area contributed by atoms with E-state index in [0.29, 0.717) is 5.56 Å². The minimum absolute atomic E-state index is 0.0175. The maximum absolute atomic E-state index is 13.4. The minimum Gasteiger partial charge on any atom is -0.469 e. The molecule has 0 unspecified atom stereocenters. The van der Waals surface area contributed by atoms with E-state index >= 15 is 0 Å². The second-order valence-corrected chi connectivity index (χ2v) is 6.33. The highest BCUT2D eigenvalue weighted by molar-refractivity contribution is 5.90. The van der Waals surface area contributed by atoms with Crippen molar-refractivity contribution in [2.24, 2.45) is 5.92 Å². The summed E-state index contributed by atoms with van der Waals surface area (Å²) < 4.78 is 22.7. The van der Waals surface area contributed by atoms with Gasteiger partial charge in [-0.2, -0.15) is 0 Å². The first-order valence-corrected chi connectivity index (χ1v) is 8.65. The van der Waals surface area contributed by atoms with Gasteiger partial charge in [-0.25, -0.2) is 9.18 Å². The fraction of sp³-hybridized carbons (Fsp3) is 0.474. The summed E-state index contributed by atoms with van der Waals surface area (Å²) in [5.41, 5.74) is 0.492. The molecule has 0 saturated carbocycles. The summed E-state index contributed by atoms with van der Waals surface area (Å²) in [5.74, 6) is -3.55. The van der Waals surface area contributed by atoms with E-state index in [2.05, 4.69) is 20.1 Å². The minimum atomic E-state index is -1.12. The molecule has 1 aromatic rings. The van der Waals surface area contributed by atoms with Crippen molar-refractivity contribution < 1.29 is 33.0 Å². The summed E-state index contributed by atoms with van der Waals surface area (Å²) >= 11 is 0. The second-order valence-electron chi connectivity index (χ2n) is 6.33. The lowest BCUT2D eigenvalue weighted by atomic mass is 10.0. The molecule has 2 amide bonds. The maximum Gasteiger partial charge on any atom is 0.328 e. The van der Waals surface area contributed by atoms with Crippen LogP contribution in [0.25, 0.3) is 0 Å². The molecular weight excluding hydrogens is 371 g/mol. The first kappa shape index (κ1) is 23.1. The highest BCUT2D eigenvalue weighted by atomic mass is 19.1. The first-order chi connectivity index (χ1) is 13.2. The molecule has 9 heteroatoms. The number of rotatable bonds is 9. The van der Waals surface area contributed by atoms with Crippen molar-refractivity contribution in [2.75, 3.05) is 14.2 Å². The van der Waals surface area contributed by atoms with Crippen molar-refractivity contribution in [2.45, 2.75) is 38.8 Å². The number of hydrogen-bond donors (Lipinski definition) is 2. The molecule has 0 saturated heterocycles. The van der Waals surface area contributed by atoms with Crippen LogP contribution in [0.2, 0.25) is 0 Å². The molecule has 0 aromatic heterocycles. The van der Waals surface area contributed by atoms with Crippen LogP contribution in [0.4, 0.5) is 4.39 Å². The average Bonchev–Trinajstić information content (AvgIpc) is 2.65. The largest absolute Gasteiger partial charge is 0.469 e. The Bertz CT molecular complexity index is 724. The van der Waals surface area contributed by atoms with E-state index in [4.69, 9.17) is 0 Å². The van der Waals surface area contributed by atoms with Crippen LogP contribution >= 0.6 is 0 Å². The van der Waals surface area contributed by atoms with Crippen molar-refractivity contribution in [3.63, 3.8) is 0 Å². The molecule has 154 valence electrons. The number of halogens is 1. The molecule has 0 heterocycles. The van der Waals surface area contributed by atoms with Crippen LogP contribution in [0.1, 0.15) is 25.8 Å². The van der Waals surface area contributed by atoms with E-state index in [-0.39, 0.29) is 12.8 Å². The molecule has 0 radical (unpaired) electrons. The van der Waals surface area contributed by atoms with Gasteiger partial charge in [0.15, 0.2) is 0 Å². The summed E-state index contributed by atoms with van der Waals surface area (Å²) in [5, 5.41) is 4.97. The van der Waals surface area contributed by atoms with Gasteiger partial charge in [-0.05, 0) is 24.1 Å². The molecule has 28 heavy (non-hydrogen) atoms. The Labute approximate surface area is 162 Å². The number of carbonyl (C=O) groups is 4. The van der Waals surface area contributed by atoms with Crippen molar-refractivity contribution in [3.8, 4) is 0 Å². The first-order valence-electron chi connectivity index (χ1n) is 8.65. The van der Waals surface area contributed by atoms with Gasteiger partial charge in [0.1, 0.15) is 17.9 Å². The van der Waals surface area contributed by atoms with Crippen LogP contribution in [-0.2, 0) is 35.1 Å². The fourth-order valence-electron chi connectivity index (χ4n) is 2.63. The Hall–Kier alpha value is -2.97. The summed E-state index contributed by atoms with van der Waals surface area (Å²) in [4.78, 5) is 47.8. The monoisotopic (exact) mass is 396 g/mol. The van der Waals surface area contributed by atoms with Gasteiger partial charge in [0.2, 0.25) is 11.8 Å². The molecule has 3 atom stereocenters. The van der Waals surface area contributed by atoms with E-state index in [9.17, 15) is 23.6 Å². The highest BCUT2D eigenvalue weighted by Gasteiger charge is 2.30. The number of amides is 2. The summed E-state index contributed by atoms with van der Waals surface area (Å²) in [6.45, 7) is 2.79. The van der Waals surface area contributed by atoms with Gasteiger partial charge in [0, 0.05) is 13.3 Å². The zero-order chi connectivity index (χ0) is 21.3. The van der Waals surface area contributed by atoms with Crippen LogP contribution in [0, 0.1) is 11.7 Å². The highest BCUT2D eigenvalue weighted by Crippen LogP contribution is 2.11. The Morgan fingerprint density at radius 3 is 2.21 bits per heavy atom. The van der Waals surface area contributed by atoms with Gasteiger partial charge >= 0.3 is 11.9 Å². The van der Waals surface area contributed by atoms with Crippen molar-refractivity contribution in [1.29, 1.82) is 0 Å². The summed E-state index contributed by atoms with van der Waals surface area (Å²) in [6, 6.07) is 3.46. The van der Waals surface area contributed by atoms with E-state index in [1.54, 1.807) is 13.0 Å². The zero-order valence-corrected chi connectivity index (χ0v) is 16.3. The molecule has 1 rings (SSSR count). The molecular formula is C19H25FN2O6. The number of esters is 2. The van der Waals surface area contributed by atoms with Gasteiger partial charge in [-0.3, -0.25) is 14.4 Å². The van der Waals surface area contributed by atoms with Crippen molar-refractivity contribution in [3.05, 3.63) is 35.6 Å². The van der Waals surface area contributed by atoms with E-state index < -0.39 is 47.6 Å². The Morgan fingerprint density at radius 1 is 1.04 bits per heavy atom. The normalized spacial score (nSPS) is 13.6.